The zero-order valence-electron chi connectivity index (χ0n) is 58.2. The van der Waals surface area contributed by atoms with Crippen molar-refractivity contribution < 1.29 is 0 Å². The number of nitrogens with zero attached hydrogens (tertiary/aromatic N) is 3. The molecule has 0 atom stereocenters. The summed E-state index contributed by atoms with van der Waals surface area (Å²) in [7, 11) is 0. The molecule has 0 unspecified atom stereocenters. The SMILES string of the molecule is c1ccc(-c2cc(-c3ccccc3)cc(-c3cc(-c4cc5c6c(c4)N(c4c(-c7ccccc7)cccc4-c4ccccc4)c4ccc(-c7ccccc7)cc4B6c4cc(-c6ccccc6)ccc4N5c4c(-c5ccccc5)cccc4-c4ccccc4)cc4c5ccccc5n(-c5ccccc5)c34)c2)cc1. The molecule has 3 nitrogen and oxygen atoms in total. The van der Waals surface area contributed by atoms with E-state index in [1.54, 1.807) is 0 Å². The summed E-state index contributed by atoms with van der Waals surface area (Å²) in [6.45, 7) is -0.268. The van der Waals surface area contributed by atoms with E-state index in [9.17, 15) is 0 Å². The summed E-state index contributed by atoms with van der Waals surface area (Å²) >= 11 is 0. The molecule has 3 heterocycles. The molecule has 0 radical (unpaired) electrons. The first-order valence-corrected chi connectivity index (χ1v) is 36.7. The maximum absolute atomic E-state index is 2.68. The maximum Gasteiger partial charge on any atom is 0.252 e. The van der Waals surface area contributed by atoms with Crippen molar-refractivity contribution in [1.82, 2.24) is 4.57 Å². The molecule has 2 aliphatic rings. The average Bonchev–Trinajstić information content (AvgIpc) is 0.762. The lowest BCUT2D eigenvalue weighted by Crippen LogP contribution is -2.61. The predicted octanol–water partition coefficient (Wildman–Crippen LogP) is 25.5. The lowest BCUT2D eigenvalue weighted by atomic mass is 9.33. The summed E-state index contributed by atoms with van der Waals surface area (Å²) < 4.78 is 2.50. The molecule has 494 valence electrons. The molecule has 0 spiro atoms. The smallest absolute Gasteiger partial charge is 0.252 e. The Labute approximate surface area is 618 Å². The molecule has 1 aromatic heterocycles. The van der Waals surface area contributed by atoms with Gasteiger partial charge < -0.3 is 14.4 Å². The van der Waals surface area contributed by atoms with Crippen LogP contribution >= 0.6 is 0 Å². The van der Waals surface area contributed by atoms with Crippen molar-refractivity contribution in [2.24, 2.45) is 0 Å². The first-order valence-electron chi connectivity index (χ1n) is 36.7. The minimum Gasteiger partial charge on any atom is -0.310 e. The number of hydrogen-bond donors (Lipinski definition) is 0. The van der Waals surface area contributed by atoms with Crippen LogP contribution in [0.3, 0.4) is 0 Å². The zero-order valence-corrected chi connectivity index (χ0v) is 58.2. The summed E-state index contributed by atoms with van der Waals surface area (Å²) in [5, 5.41) is 2.34. The molecule has 0 N–H and O–H groups in total. The number of hydrogen-bond acceptors (Lipinski definition) is 2. The van der Waals surface area contributed by atoms with Gasteiger partial charge in [-0.05, 0) is 173 Å². The van der Waals surface area contributed by atoms with Crippen LogP contribution in [-0.4, -0.2) is 11.3 Å². The van der Waals surface area contributed by atoms with Crippen molar-refractivity contribution in [2.45, 2.75) is 0 Å². The van der Waals surface area contributed by atoms with Gasteiger partial charge in [-0.1, -0.05) is 340 Å². The average molecular weight is 1350 g/mol. The molecule has 0 amide bonds. The molecule has 0 bridgehead atoms. The molecule has 106 heavy (non-hydrogen) atoms. The van der Waals surface area contributed by atoms with E-state index in [-0.39, 0.29) is 6.71 Å². The molecule has 4 heteroatoms. The highest BCUT2D eigenvalue weighted by Crippen LogP contribution is 2.55. The van der Waals surface area contributed by atoms with Crippen LogP contribution in [-0.2, 0) is 0 Å². The van der Waals surface area contributed by atoms with Crippen molar-refractivity contribution in [1.29, 1.82) is 0 Å². The number of anilines is 6. The standard InChI is InChI=1S/C102H68BN3/c1-10-32-69(33-11-1)77-56-58-95-92(65-77)103-93-66-78(70-34-12-2-13-35-70)57-59-96(93)106(101-87(75-44-22-7-23-45-75)53-31-54-88(101)76-46-24-8-25-47-76)98-68-82(67-97(99(98)103)105(95)100-85(73-40-18-5-19-41-73)51-30-52-86(100)74-42-20-6-21-43-74)81-63-90(102-91(64-81)89-50-28-29-55-94(89)104(102)84-48-26-9-27-49-84)83-61-79(71-36-14-3-15-37-71)60-80(62-83)72-38-16-4-17-39-72/h1-68H. The number of aromatic nitrogens is 1. The van der Waals surface area contributed by atoms with Crippen LogP contribution in [0.2, 0.25) is 0 Å². The fourth-order valence-electron chi connectivity index (χ4n) is 17.0. The lowest BCUT2D eigenvalue weighted by molar-refractivity contribution is 1.18. The van der Waals surface area contributed by atoms with E-state index in [0.717, 1.165) is 168 Å². The summed E-state index contributed by atoms with van der Waals surface area (Å²) in [6, 6.07) is 154. The highest BCUT2D eigenvalue weighted by Gasteiger charge is 2.46. The third-order valence-electron chi connectivity index (χ3n) is 21.7. The van der Waals surface area contributed by atoms with Gasteiger partial charge in [-0.2, -0.15) is 0 Å². The van der Waals surface area contributed by atoms with Crippen LogP contribution < -0.4 is 26.2 Å². The van der Waals surface area contributed by atoms with Gasteiger partial charge in [0.15, 0.2) is 0 Å². The minimum absolute atomic E-state index is 0.268. The van der Waals surface area contributed by atoms with Gasteiger partial charge in [0, 0.05) is 67.0 Å². The predicted molar refractivity (Wildman–Crippen MR) is 449 cm³/mol. The highest BCUT2D eigenvalue weighted by atomic mass is 15.2. The Morgan fingerprint density at radius 3 is 0.925 bits per heavy atom. The van der Waals surface area contributed by atoms with E-state index in [4.69, 9.17) is 0 Å². The Kier molecular flexibility index (Phi) is 15.3. The molecule has 17 aromatic carbocycles. The van der Waals surface area contributed by atoms with Crippen LogP contribution in [0.25, 0.3) is 139 Å². The second-order valence-electron chi connectivity index (χ2n) is 27.8. The van der Waals surface area contributed by atoms with Crippen molar-refractivity contribution in [3.63, 3.8) is 0 Å². The van der Waals surface area contributed by atoms with E-state index in [1.807, 2.05) is 0 Å². The molecule has 20 rings (SSSR count). The van der Waals surface area contributed by atoms with Gasteiger partial charge in [-0.25, -0.2) is 0 Å². The van der Waals surface area contributed by atoms with Crippen molar-refractivity contribution in [2.75, 3.05) is 9.80 Å². The normalized spacial score (nSPS) is 12.1. The molecule has 2 aliphatic heterocycles. The van der Waals surface area contributed by atoms with Crippen LogP contribution in [0, 0.1) is 0 Å². The van der Waals surface area contributed by atoms with Crippen molar-refractivity contribution in [3.05, 3.63) is 413 Å². The van der Waals surface area contributed by atoms with Crippen LogP contribution in [0.5, 0.6) is 0 Å². The summed E-state index contributed by atoms with van der Waals surface area (Å²) in [5.41, 5.74) is 36.4. The van der Waals surface area contributed by atoms with Crippen LogP contribution in [0.4, 0.5) is 34.1 Å². The quantitative estimate of drug-likeness (QED) is 0.107. The number of benzene rings is 17. The monoisotopic (exact) mass is 1350 g/mol. The Balaban J connectivity index is 0.975. The van der Waals surface area contributed by atoms with Crippen LogP contribution in [0.15, 0.2) is 413 Å². The van der Waals surface area contributed by atoms with Gasteiger partial charge in [0.2, 0.25) is 0 Å². The van der Waals surface area contributed by atoms with Gasteiger partial charge in [-0.3, -0.25) is 0 Å². The van der Waals surface area contributed by atoms with E-state index < -0.39 is 0 Å². The Bertz CT molecular complexity index is 5930. The number of para-hydroxylation sites is 4. The zero-order chi connectivity index (χ0) is 70.0. The van der Waals surface area contributed by atoms with Gasteiger partial charge >= 0.3 is 0 Å². The third-order valence-corrected chi connectivity index (χ3v) is 21.7. The fourth-order valence-corrected chi connectivity index (χ4v) is 17.0. The lowest BCUT2D eigenvalue weighted by Gasteiger charge is -2.46. The molecule has 18 aromatic rings. The second-order valence-corrected chi connectivity index (χ2v) is 27.8. The van der Waals surface area contributed by atoms with Gasteiger partial charge in [0.25, 0.3) is 6.71 Å². The molecule has 0 saturated carbocycles. The van der Waals surface area contributed by atoms with Gasteiger partial charge in [0.05, 0.1) is 22.4 Å². The van der Waals surface area contributed by atoms with Crippen molar-refractivity contribution >= 4 is 79.0 Å². The third kappa shape index (κ3) is 10.7. The molecule has 0 fully saturated rings. The number of rotatable bonds is 13. The second kappa shape index (κ2) is 26.2. The molecular formula is C102H68BN3. The fraction of sp³-hybridized carbons (Fsp3) is 0. The Morgan fingerprint density at radius 1 is 0.189 bits per heavy atom. The first kappa shape index (κ1) is 62.0. The number of fused-ring (bicyclic) bond motifs is 7. The summed E-state index contributed by atoms with van der Waals surface area (Å²) in [4.78, 5) is 5.35. The largest absolute Gasteiger partial charge is 0.310 e. The van der Waals surface area contributed by atoms with Crippen LogP contribution in [0.1, 0.15) is 0 Å². The van der Waals surface area contributed by atoms with Gasteiger partial charge in [0.1, 0.15) is 0 Å². The molecule has 0 saturated heterocycles. The van der Waals surface area contributed by atoms with E-state index in [0.29, 0.717) is 0 Å². The maximum atomic E-state index is 2.68. The van der Waals surface area contributed by atoms with Gasteiger partial charge in [-0.15, -0.1) is 0 Å². The topological polar surface area (TPSA) is 11.4 Å². The van der Waals surface area contributed by atoms with Crippen molar-refractivity contribution in [3.8, 4) is 117 Å². The van der Waals surface area contributed by atoms with E-state index in [2.05, 4.69) is 427 Å². The molecular weight excluding hydrogens is 1280 g/mol. The summed E-state index contributed by atoms with van der Waals surface area (Å²) in [6.07, 6.45) is 0. The minimum atomic E-state index is -0.268. The van der Waals surface area contributed by atoms with E-state index >= 15 is 0 Å². The molecule has 0 aliphatic carbocycles. The summed E-state index contributed by atoms with van der Waals surface area (Å²) in [5.74, 6) is 0. The highest BCUT2D eigenvalue weighted by molar-refractivity contribution is 7.00. The van der Waals surface area contributed by atoms with E-state index in [1.165, 1.54) is 21.8 Å². The Morgan fingerprint density at radius 2 is 0.519 bits per heavy atom. The first-order chi connectivity index (χ1) is 52.6. The Hall–Kier alpha value is -13.8.